The van der Waals surface area contributed by atoms with E-state index in [-0.39, 0.29) is 17.6 Å². The maximum atomic E-state index is 12.7. The fourth-order valence-corrected chi connectivity index (χ4v) is 2.78. The van der Waals surface area contributed by atoms with Crippen LogP contribution in [-0.2, 0) is 9.59 Å². The van der Waals surface area contributed by atoms with Crippen LogP contribution in [0.3, 0.4) is 0 Å². The van der Waals surface area contributed by atoms with Gasteiger partial charge in [0.15, 0.2) is 5.78 Å². The van der Waals surface area contributed by atoms with Crippen molar-refractivity contribution in [3.63, 3.8) is 0 Å². The second-order valence-corrected chi connectivity index (χ2v) is 7.28. The van der Waals surface area contributed by atoms with Gasteiger partial charge < -0.3 is 15.4 Å². The lowest BCUT2D eigenvalue weighted by atomic mass is 10.0. The highest BCUT2D eigenvalue weighted by Crippen LogP contribution is 2.09. The second kappa shape index (κ2) is 12.0. The minimum absolute atomic E-state index is 0.113. The van der Waals surface area contributed by atoms with E-state index in [1.54, 1.807) is 19.1 Å². The lowest BCUT2D eigenvalue weighted by molar-refractivity contribution is -0.126. The lowest BCUT2D eigenvalue weighted by Gasteiger charge is -2.23. The summed E-state index contributed by atoms with van der Waals surface area (Å²) in [6.07, 6.45) is 5.40. The largest absolute Gasteiger partial charge is 0.377 e. The van der Waals surface area contributed by atoms with Crippen LogP contribution < -0.4 is 10.6 Å². The molecule has 0 fully saturated rings. The molecule has 5 heteroatoms. The molecule has 1 aromatic rings. The highest BCUT2D eigenvalue weighted by Gasteiger charge is 2.22. The van der Waals surface area contributed by atoms with E-state index in [2.05, 4.69) is 10.6 Å². The quantitative estimate of drug-likeness (QED) is 0.334. The standard InChI is InChI=1S/C22H32N2O3/c1-5-6-12-19(15-25)24-22(27)20(13-16(2)3)23-17(4)14-21(26)18-10-8-7-9-11-18/h7-11,14-16,19-20,23H,5-6,12-13H2,1-4H3,(H,24,27)/b17-14+/t19-,20-/m0/s1. The number of carbonyl (C=O) groups is 3. The number of hydrogen-bond acceptors (Lipinski definition) is 4. The van der Waals surface area contributed by atoms with Crippen molar-refractivity contribution in [1.29, 1.82) is 0 Å². The molecule has 0 spiro atoms. The molecular formula is C22H32N2O3. The Morgan fingerprint density at radius 2 is 1.78 bits per heavy atom. The Morgan fingerprint density at radius 1 is 1.11 bits per heavy atom. The van der Waals surface area contributed by atoms with E-state index < -0.39 is 12.1 Å². The Morgan fingerprint density at radius 3 is 2.33 bits per heavy atom. The summed E-state index contributed by atoms with van der Waals surface area (Å²) in [7, 11) is 0. The first-order chi connectivity index (χ1) is 12.9. The average Bonchev–Trinajstić information content (AvgIpc) is 2.64. The van der Waals surface area contributed by atoms with Gasteiger partial charge in [0.1, 0.15) is 12.3 Å². The third-order valence-corrected chi connectivity index (χ3v) is 4.19. The summed E-state index contributed by atoms with van der Waals surface area (Å²) in [5, 5.41) is 5.96. The molecule has 0 aliphatic carbocycles. The Hall–Kier alpha value is -2.43. The second-order valence-electron chi connectivity index (χ2n) is 7.28. The summed E-state index contributed by atoms with van der Waals surface area (Å²) in [5.74, 6) is -0.0361. The van der Waals surface area contributed by atoms with E-state index in [1.165, 1.54) is 6.08 Å². The van der Waals surface area contributed by atoms with E-state index in [4.69, 9.17) is 0 Å². The SMILES string of the molecule is CCCC[C@@H](C=O)NC(=O)[C@H](CC(C)C)N/C(C)=C/C(=O)c1ccccc1. The first-order valence-corrected chi connectivity index (χ1v) is 9.67. The Labute approximate surface area is 162 Å². The number of hydrogen-bond donors (Lipinski definition) is 2. The lowest BCUT2D eigenvalue weighted by Crippen LogP contribution is -2.48. The highest BCUT2D eigenvalue weighted by atomic mass is 16.2. The third-order valence-electron chi connectivity index (χ3n) is 4.19. The number of carbonyl (C=O) groups excluding carboxylic acids is 3. The zero-order valence-corrected chi connectivity index (χ0v) is 16.8. The van der Waals surface area contributed by atoms with Crippen LogP contribution in [0, 0.1) is 5.92 Å². The van der Waals surface area contributed by atoms with Crippen LogP contribution in [0.15, 0.2) is 42.1 Å². The van der Waals surface area contributed by atoms with E-state index in [0.717, 1.165) is 19.1 Å². The van der Waals surface area contributed by atoms with Crippen LogP contribution in [0.25, 0.3) is 0 Å². The van der Waals surface area contributed by atoms with Crippen molar-refractivity contribution in [1.82, 2.24) is 10.6 Å². The van der Waals surface area contributed by atoms with Crippen molar-refractivity contribution in [3.8, 4) is 0 Å². The summed E-state index contributed by atoms with van der Waals surface area (Å²) < 4.78 is 0. The van der Waals surface area contributed by atoms with E-state index >= 15 is 0 Å². The maximum Gasteiger partial charge on any atom is 0.243 e. The van der Waals surface area contributed by atoms with Crippen molar-refractivity contribution < 1.29 is 14.4 Å². The van der Waals surface area contributed by atoms with Crippen molar-refractivity contribution in [2.45, 2.75) is 65.5 Å². The number of ketones is 1. The molecule has 148 valence electrons. The number of amides is 1. The van der Waals surface area contributed by atoms with Gasteiger partial charge in [0.05, 0.1) is 6.04 Å². The predicted molar refractivity (Wildman–Crippen MR) is 108 cm³/mol. The first kappa shape index (κ1) is 22.6. The van der Waals surface area contributed by atoms with Crippen LogP contribution in [0.4, 0.5) is 0 Å². The number of aldehydes is 1. The molecule has 0 radical (unpaired) electrons. The van der Waals surface area contributed by atoms with Gasteiger partial charge in [-0.05, 0) is 25.7 Å². The number of rotatable bonds is 12. The Balaban J connectivity index is 2.80. The van der Waals surface area contributed by atoms with Crippen molar-refractivity contribution >= 4 is 18.0 Å². The van der Waals surface area contributed by atoms with Crippen LogP contribution in [0.2, 0.25) is 0 Å². The molecule has 2 N–H and O–H groups in total. The molecular weight excluding hydrogens is 340 g/mol. The first-order valence-electron chi connectivity index (χ1n) is 9.67. The van der Waals surface area contributed by atoms with E-state index in [9.17, 15) is 14.4 Å². The molecule has 0 bridgehead atoms. The molecule has 27 heavy (non-hydrogen) atoms. The average molecular weight is 373 g/mol. The fourth-order valence-electron chi connectivity index (χ4n) is 2.78. The molecule has 1 rings (SSSR count). The highest BCUT2D eigenvalue weighted by molar-refractivity contribution is 6.04. The number of nitrogens with one attached hydrogen (secondary N) is 2. The van der Waals surface area contributed by atoms with Gasteiger partial charge >= 0.3 is 0 Å². The molecule has 1 amide bonds. The molecule has 0 aromatic heterocycles. The van der Waals surface area contributed by atoms with Gasteiger partial charge in [0, 0.05) is 17.3 Å². The summed E-state index contributed by atoms with van der Waals surface area (Å²) in [4.78, 5) is 36.2. The topological polar surface area (TPSA) is 75.3 Å². The fraction of sp³-hybridized carbons (Fsp3) is 0.500. The zero-order valence-electron chi connectivity index (χ0n) is 16.8. The summed E-state index contributed by atoms with van der Waals surface area (Å²) in [6, 6.07) is 8.04. The molecule has 0 saturated carbocycles. The molecule has 0 heterocycles. The molecule has 1 aromatic carbocycles. The number of allylic oxidation sites excluding steroid dienone is 2. The van der Waals surface area contributed by atoms with E-state index in [1.807, 2.05) is 39.0 Å². The monoisotopic (exact) mass is 372 g/mol. The van der Waals surface area contributed by atoms with Gasteiger partial charge in [-0.2, -0.15) is 0 Å². The van der Waals surface area contributed by atoms with Gasteiger partial charge in [0.2, 0.25) is 5.91 Å². The zero-order chi connectivity index (χ0) is 20.2. The third kappa shape index (κ3) is 8.67. The van der Waals surface area contributed by atoms with Gasteiger partial charge in [-0.25, -0.2) is 0 Å². The molecule has 0 aliphatic heterocycles. The van der Waals surface area contributed by atoms with Crippen molar-refractivity contribution in [2.75, 3.05) is 0 Å². The minimum Gasteiger partial charge on any atom is -0.377 e. The summed E-state index contributed by atoms with van der Waals surface area (Å²) in [6.45, 7) is 7.88. The van der Waals surface area contributed by atoms with Crippen molar-refractivity contribution in [3.05, 3.63) is 47.7 Å². The molecule has 0 unspecified atom stereocenters. The molecule has 0 saturated heterocycles. The van der Waals surface area contributed by atoms with E-state index in [0.29, 0.717) is 24.1 Å². The minimum atomic E-state index is -0.492. The predicted octanol–water partition coefficient (Wildman–Crippen LogP) is 3.65. The number of benzene rings is 1. The van der Waals surface area contributed by atoms with Gasteiger partial charge in [-0.15, -0.1) is 0 Å². The van der Waals surface area contributed by atoms with Crippen LogP contribution in [0.5, 0.6) is 0 Å². The Bertz CT molecular complexity index is 638. The van der Waals surface area contributed by atoms with Gasteiger partial charge in [-0.1, -0.05) is 63.9 Å². The van der Waals surface area contributed by atoms with Gasteiger partial charge in [-0.3, -0.25) is 9.59 Å². The van der Waals surface area contributed by atoms with Crippen LogP contribution in [-0.4, -0.2) is 30.1 Å². The Kier molecular flexibility index (Phi) is 10.1. The maximum absolute atomic E-state index is 12.7. The van der Waals surface area contributed by atoms with Crippen LogP contribution in [0.1, 0.15) is 63.7 Å². The molecule has 0 aliphatic rings. The summed E-state index contributed by atoms with van der Waals surface area (Å²) >= 11 is 0. The summed E-state index contributed by atoms with van der Waals surface area (Å²) in [5.41, 5.74) is 1.23. The van der Waals surface area contributed by atoms with Crippen LogP contribution >= 0.6 is 0 Å². The smallest absolute Gasteiger partial charge is 0.243 e. The number of unbranched alkanes of at least 4 members (excludes halogenated alkanes) is 1. The molecule has 5 nitrogen and oxygen atoms in total. The molecule has 2 atom stereocenters. The van der Waals surface area contributed by atoms with Crippen molar-refractivity contribution in [2.24, 2.45) is 5.92 Å². The van der Waals surface area contributed by atoms with Gasteiger partial charge in [0.25, 0.3) is 0 Å². The normalized spacial score (nSPS) is 13.7.